The third kappa shape index (κ3) is 2.95. The minimum absolute atomic E-state index is 0.00122. The molecule has 2 aromatic rings. The number of phenolic OH excluding ortho intramolecular Hbond substituents is 1. The van der Waals surface area contributed by atoms with E-state index in [1.807, 2.05) is 0 Å². The molecule has 1 saturated heterocycles. The van der Waals surface area contributed by atoms with E-state index in [1.165, 1.54) is 18.2 Å². The van der Waals surface area contributed by atoms with E-state index < -0.39 is 42.9 Å². The Morgan fingerprint density at radius 2 is 1.83 bits per heavy atom. The van der Waals surface area contributed by atoms with Crippen LogP contribution in [0.3, 0.4) is 0 Å². The molecule has 5 N–H and O–H groups in total. The van der Waals surface area contributed by atoms with Gasteiger partial charge in [-0.15, -0.1) is 0 Å². The molecule has 24 heavy (non-hydrogen) atoms. The number of aromatic hydroxyl groups is 1. The Balaban J connectivity index is 1.90. The molecule has 0 amide bonds. The van der Waals surface area contributed by atoms with Crippen LogP contribution in [0, 0.1) is 0 Å². The van der Waals surface area contributed by atoms with E-state index in [2.05, 4.69) is 0 Å². The Morgan fingerprint density at radius 1 is 1.08 bits per heavy atom. The third-order valence-corrected chi connectivity index (χ3v) is 3.79. The van der Waals surface area contributed by atoms with E-state index in [9.17, 15) is 25.2 Å². The van der Waals surface area contributed by atoms with Crippen molar-refractivity contribution in [3.63, 3.8) is 0 Å². The lowest BCUT2D eigenvalue weighted by Gasteiger charge is -2.39. The predicted molar refractivity (Wildman–Crippen MR) is 78.5 cm³/mol. The van der Waals surface area contributed by atoms with Gasteiger partial charge in [0, 0.05) is 18.2 Å². The van der Waals surface area contributed by atoms with Crippen molar-refractivity contribution in [2.75, 3.05) is 6.61 Å². The minimum Gasteiger partial charge on any atom is -0.507 e. The maximum Gasteiger partial charge on any atom is 0.336 e. The fourth-order valence-corrected chi connectivity index (χ4v) is 2.50. The number of phenols is 1. The van der Waals surface area contributed by atoms with Crippen molar-refractivity contribution in [2.45, 2.75) is 30.7 Å². The molecule has 130 valence electrons. The molecule has 1 aromatic heterocycles. The number of fused-ring (bicyclic) bond motifs is 1. The first-order chi connectivity index (χ1) is 11.4. The minimum atomic E-state index is -1.59. The van der Waals surface area contributed by atoms with Crippen molar-refractivity contribution in [1.82, 2.24) is 0 Å². The number of hydrogen-bond donors (Lipinski definition) is 5. The number of rotatable bonds is 3. The molecule has 0 saturated carbocycles. The van der Waals surface area contributed by atoms with Crippen molar-refractivity contribution < 1.29 is 39.4 Å². The first kappa shape index (κ1) is 16.7. The molecule has 3 rings (SSSR count). The van der Waals surface area contributed by atoms with E-state index in [0.717, 1.165) is 6.07 Å². The summed E-state index contributed by atoms with van der Waals surface area (Å²) < 4.78 is 15.5. The molecule has 1 fully saturated rings. The van der Waals surface area contributed by atoms with Crippen LogP contribution in [0.5, 0.6) is 11.5 Å². The molecular weight excluding hydrogens is 324 g/mol. The molecule has 9 heteroatoms. The Bertz CT molecular complexity index is 784. The molecule has 1 aliphatic heterocycles. The number of aliphatic hydroxyl groups excluding tert-OH is 4. The molecule has 0 bridgehead atoms. The zero-order valence-corrected chi connectivity index (χ0v) is 12.3. The summed E-state index contributed by atoms with van der Waals surface area (Å²) in [6.45, 7) is -0.595. The molecule has 0 aliphatic carbocycles. The van der Waals surface area contributed by atoms with Crippen molar-refractivity contribution >= 4 is 11.0 Å². The zero-order chi connectivity index (χ0) is 17.4. The average Bonchev–Trinajstić information content (AvgIpc) is 2.55. The predicted octanol–water partition coefficient (Wildman–Crippen LogP) is -1.32. The van der Waals surface area contributed by atoms with Gasteiger partial charge in [0.2, 0.25) is 6.29 Å². The highest BCUT2D eigenvalue weighted by atomic mass is 16.7. The van der Waals surface area contributed by atoms with Gasteiger partial charge in [-0.2, -0.15) is 0 Å². The summed E-state index contributed by atoms with van der Waals surface area (Å²) in [5.74, 6) is -0.227. The van der Waals surface area contributed by atoms with E-state index in [-0.39, 0.29) is 22.5 Å². The molecule has 9 nitrogen and oxygen atoms in total. The average molecular weight is 340 g/mol. The Morgan fingerprint density at radius 3 is 2.54 bits per heavy atom. The first-order valence-corrected chi connectivity index (χ1v) is 7.15. The third-order valence-electron chi connectivity index (χ3n) is 3.79. The number of hydrogen-bond acceptors (Lipinski definition) is 9. The van der Waals surface area contributed by atoms with Crippen LogP contribution in [-0.4, -0.2) is 62.8 Å². The van der Waals surface area contributed by atoms with Gasteiger partial charge < -0.3 is 39.4 Å². The van der Waals surface area contributed by atoms with Crippen molar-refractivity contribution in [3.05, 3.63) is 34.7 Å². The summed E-state index contributed by atoms with van der Waals surface area (Å²) in [6.07, 6.45) is -7.22. The Labute approximate surface area is 134 Å². The van der Waals surface area contributed by atoms with Crippen LogP contribution in [-0.2, 0) is 4.74 Å². The van der Waals surface area contributed by atoms with E-state index >= 15 is 0 Å². The lowest BCUT2D eigenvalue weighted by Crippen LogP contribution is -2.60. The maximum atomic E-state index is 11.3. The Kier molecular flexibility index (Phi) is 4.43. The highest BCUT2D eigenvalue weighted by Gasteiger charge is 2.44. The van der Waals surface area contributed by atoms with Crippen LogP contribution in [0.15, 0.2) is 33.5 Å². The second kappa shape index (κ2) is 6.38. The van der Waals surface area contributed by atoms with Gasteiger partial charge in [-0.05, 0) is 6.07 Å². The summed E-state index contributed by atoms with van der Waals surface area (Å²) in [6, 6.07) is 5.05. The van der Waals surface area contributed by atoms with Crippen molar-refractivity contribution in [3.8, 4) is 11.5 Å². The second-order valence-electron chi connectivity index (χ2n) is 5.42. The number of ether oxygens (including phenoxy) is 2. The van der Waals surface area contributed by atoms with Crippen LogP contribution in [0.2, 0.25) is 0 Å². The number of benzene rings is 1. The normalized spacial score (nSPS) is 30.4. The van der Waals surface area contributed by atoms with Crippen molar-refractivity contribution in [1.29, 1.82) is 0 Å². The van der Waals surface area contributed by atoms with Gasteiger partial charge in [-0.25, -0.2) is 4.79 Å². The molecule has 1 aliphatic rings. The highest BCUT2D eigenvalue weighted by molar-refractivity contribution is 5.84. The molecule has 2 heterocycles. The van der Waals surface area contributed by atoms with Gasteiger partial charge >= 0.3 is 5.63 Å². The molecule has 0 radical (unpaired) electrons. The fourth-order valence-electron chi connectivity index (χ4n) is 2.50. The summed E-state index contributed by atoms with van der Waals surface area (Å²) in [5.41, 5.74) is -0.561. The maximum absolute atomic E-state index is 11.3. The Hall–Kier alpha value is -2.17. The zero-order valence-electron chi connectivity index (χ0n) is 12.3. The largest absolute Gasteiger partial charge is 0.507 e. The topological polar surface area (TPSA) is 150 Å². The van der Waals surface area contributed by atoms with E-state index in [0.29, 0.717) is 0 Å². The number of aliphatic hydroxyl groups is 4. The van der Waals surface area contributed by atoms with Crippen LogP contribution in [0.1, 0.15) is 0 Å². The molecular formula is C15H16O9. The molecule has 0 spiro atoms. The van der Waals surface area contributed by atoms with Gasteiger partial charge in [0.1, 0.15) is 41.5 Å². The lowest BCUT2D eigenvalue weighted by molar-refractivity contribution is -0.277. The van der Waals surface area contributed by atoms with Crippen LogP contribution in [0.4, 0.5) is 0 Å². The van der Waals surface area contributed by atoms with Crippen molar-refractivity contribution in [2.24, 2.45) is 0 Å². The molecule has 5 unspecified atom stereocenters. The van der Waals surface area contributed by atoms with Gasteiger partial charge in [0.05, 0.1) is 12.0 Å². The van der Waals surface area contributed by atoms with Gasteiger partial charge in [0.15, 0.2) is 0 Å². The van der Waals surface area contributed by atoms with Gasteiger partial charge in [0.25, 0.3) is 0 Å². The summed E-state index contributed by atoms with van der Waals surface area (Å²) in [5, 5.41) is 48.8. The molecule has 1 aromatic carbocycles. The monoisotopic (exact) mass is 340 g/mol. The first-order valence-electron chi connectivity index (χ1n) is 7.15. The quantitative estimate of drug-likeness (QED) is 0.429. The van der Waals surface area contributed by atoms with E-state index in [1.54, 1.807) is 0 Å². The second-order valence-corrected chi connectivity index (χ2v) is 5.42. The van der Waals surface area contributed by atoms with Gasteiger partial charge in [-0.3, -0.25) is 0 Å². The lowest BCUT2D eigenvalue weighted by atomic mass is 9.99. The van der Waals surface area contributed by atoms with Gasteiger partial charge in [-0.1, -0.05) is 0 Å². The summed E-state index contributed by atoms with van der Waals surface area (Å²) in [7, 11) is 0. The van der Waals surface area contributed by atoms with Crippen LogP contribution >= 0.6 is 0 Å². The molecule has 5 atom stereocenters. The van der Waals surface area contributed by atoms with E-state index in [4.69, 9.17) is 19.0 Å². The summed E-state index contributed by atoms with van der Waals surface area (Å²) in [4.78, 5) is 11.3. The van der Waals surface area contributed by atoms with Crippen LogP contribution in [0.25, 0.3) is 11.0 Å². The fraction of sp³-hybridized carbons (Fsp3) is 0.400. The summed E-state index contributed by atoms with van der Waals surface area (Å²) >= 11 is 0. The standard InChI is InChI=1S/C15H16O9/c16-5-10-12(19)13(20)14(21)15(24-10)22-6-3-8(17)7-1-2-11(18)23-9(7)4-6/h1-4,10,12-17,19-21H,5H2. The smallest absolute Gasteiger partial charge is 0.336 e. The highest BCUT2D eigenvalue weighted by Crippen LogP contribution is 2.31. The van der Waals surface area contributed by atoms with Crippen LogP contribution < -0.4 is 10.4 Å². The SMILES string of the molecule is O=c1ccc2c(O)cc(OC3OC(CO)C(O)C(O)C3O)cc2o1.